The Bertz CT molecular complexity index is 211. The molecule has 0 amide bonds. The predicted molar refractivity (Wildman–Crippen MR) is 57.9 cm³/mol. The summed E-state index contributed by atoms with van der Waals surface area (Å²) in [5.74, 6) is -0.351. The minimum Gasteiger partial charge on any atom is -0.329 e. The second kappa shape index (κ2) is 5.97. The van der Waals surface area contributed by atoms with Gasteiger partial charge >= 0.3 is 0 Å². The van der Waals surface area contributed by atoms with Crippen molar-refractivity contribution in [3.8, 4) is 0 Å². The van der Waals surface area contributed by atoms with Gasteiger partial charge in [-0.25, -0.2) is 9.78 Å². The van der Waals surface area contributed by atoms with Gasteiger partial charge in [0.2, 0.25) is 8.03 Å². The Morgan fingerprint density at radius 2 is 2.20 bits per heavy atom. The molecule has 0 aromatic carbocycles. The van der Waals surface area contributed by atoms with Crippen molar-refractivity contribution in [2.45, 2.75) is 18.7 Å². The summed E-state index contributed by atoms with van der Waals surface area (Å²) in [6.45, 7) is 1.93. The van der Waals surface area contributed by atoms with Gasteiger partial charge < -0.3 is 9.01 Å². The predicted octanol–water partition coefficient (Wildman–Crippen LogP) is 1.25. The largest absolute Gasteiger partial charge is 0.329 e. The highest BCUT2D eigenvalue weighted by atomic mass is 31.1. The molecule has 0 bridgehead atoms. The molecule has 2 unspecified atom stereocenters. The molecule has 2 atom stereocenters. The lowest BCUT2D eigenvalue weighted by Gasteiger charge is -2.24. The highest BCUT2D eigenvalue weighted by molar-refractivity contribution is 7.39. The van der Waals surface area contributed by atoms with Crippen LogP contribution in [0, 0.1) is 0 Å². The van der Waals surface area contributed by atoms with Crippen molar-refractivity contribution in [2.75, 3.05) is 40.9 Å². The fourth-order valence-electron chi connectivity index (χ4n) is 1.18. The van der Waals surface area contributed by atoms with E-state index in [1.807, 2.05) is 0 Å². The molecule has 0 saturated carbocycles. The number of likely N-dealkylation sites (N-methyl/N-ethyl adjacent to an activating group) is 1. The molecule has 15 heavy (non-hydrogen) atoms. The third kappa shape index (κ3) is 5.64. The zero-order chi connectivity index (χ0) is 11.3. The first-order chi connectivity index (χ1) is 6.99. The minimum absolute atomic E-state index is 0.351. The highest BCUT2D eigenvalue weighted by Gasteiger charge is 2.23. The average molecular weight is 238 g/mol. The van der Waals surface area contributed by atoms with Crippen molar-refractivity contribution in [3.63, 3.8) is 0 Å². The van der Waals surface area contributed by atoms with Crippen LogP contribution in [-0.2, 0) is 18.9 Å². The Labute approximate surface area is 91.7 Å². The van der Waals surface area contributed by atoms with Gasteiger partial charge in [0.05, 0.1) is 27.7 Å². The summed E-state index contributed by atoms with van der Waals surface area (Å²) in [4.78, 5) is 9.72. The van der Waals surface area contributed by atoms with Crippen LogP contribution in [-0.4, -0.2) is 51.2 Å². The first-order valence-corrected chi connectivity index (χ1v) is 6.64. The molecule has 0 aromatic rings. The van der Waals surface area contributed by atoms with Gasteiger partial charge in [-0.2, -0.15) is 0 Å². The molecule has 1 aliphatic rings. The topological polar surface area (TPSA) is 44.8 Å². The minimum atomic E-state index is -2.12. The van der Waals surface area contributed by atoms with E-state index in [1.165, 1.54) is 0 Å². The van der Waals surface area contributed by atoms with E-state index in [0.717, 1.165) is 23.9 Å². The first-order valence-electron chi connectivity index (χ1n) is 5.24. The number of rotatable bonds is 5. The summed E-state index contributed by atoms with van der Waals surface area (Å²) in [6.07, 6.45) is 1.65. The van der Waals surface area contributed by atoms with E-state index in [0.29, 0.717) is 13.2 Å². The Kier molecular flexibility index (Phi) is 5.23. The van der Waals surface area contributed by atoms with E-state index in [1.54, 1.807) is 0 Å². The van der Waals surface area contributed by atoms with E-state index in [-0.39, 0.29) is 5.85 Å². The third-order valence-corrected chi connectivity index (χ3v) is 3.55. The Morgan fingerprint density at radius 1 is 1.47 bits per heavy atom. The summed E-state index contributed by atoms with van der Waals surface area (Å²) in [5.41, 5.74) is 0. The summed E-state index contributed by atoms with van der Waals surface area (Å²) in [5, 5.41) is 0. The van der Waals surface area contributed by atoms with Gasteiger partial charge in [-0.3, -0.25) is 4.57 Å². The summed E-state index contributed by atoms with van der Waals surface area (Å²) in [6, 6.07) is 0. The second-order valence-corrected chi connectivity index (χ2v) is 6.30. The normalized spacial score (nSPS) is 25.1. The number of hydrogen-bond donors (Lipinski definition) is 0. The van der Waals surface area contributed by atoms with Gasteiger partial charge in [-0.15, -0.1) is 0 Å². The molecule has 0 aliphatic carbocycles. The van der Waals surface area contributed by atoms with Crippen LogP contribution in [0.2, 0.25) is 0 Å². The van der Waals surface area contributed by atoms with E-state index in [2.05, 4.69) is 21.1 Å². The molecule has 1 rings (SSSR count). The van der Waals surface area contributed by atoms with Crippen LogP contribution >= 0.6 is 8.03 Å². The van der Waals surface area contributed by atoms with Gasteiger partial charge in [0.25, 0.3) is 0 Å². The van der Waals surface area contributed by atoms with Gasteiger partial charge in [0.15, 0.2) is 5.85 Å². The maximum Gasteiger partial charge on any atom is 0.223 e. The molecule has 1 fully saturated rings. The molecule has 0 radical (unpaired) electrons. The van der Waals surface area contributed by atoms with Crippen LogP contribution in [0.25, 0.3) is 0 Å². The van der Waals surface area contributed by atoms with Crippen LogP contribution in [0.1, 0.15) is 12.8 Å². The molecule has 0 N–H and O–H groups in total. The standard InChI is InChI=1S/C9H21NO4P/c1-10(2,3)6-8-13-15(11)9-5-4-7-12-14-9/h9,15H,4-8H2,1-3H3/q+1. The second-order valence-electron chi connectivity index (χ2n) is 4.73. The van der Waals surface area contributed by atoms with Gasteiger partial charge in [0.1, 0.15) is 13.2 Å². The Morgan fingerprint density at radius 3 is 2.73 bits per heavy atom. The molecular weight excluding hydrogens is 217 g/mol. The third-order valence-electron chi connectivity index (χ3n) is 2.15. The monoisotopic (exact) mass is 238 g/mol. The van der Waals surface area contributed by atoms with Crippen LogP contribution in [0.3, 0.4) is 0 Å². The number of quaternary nitrogens is 1. The molecule has 1 saturated heterocycles. The maximum absolute atomic E-state index is 11.6. The maximum atomic E-state index is 11.6. The lowest BCUT2D eigenvalue weighted by molar-refractivity contribution is -0.870. The number of hydrogen-bond acceptors (Lipinski definition) is 4. The van der Waals surface area contributed by atoms with Crippen molar-refractivity contribution in [2.24, 2.45) is 0 Å². The van der Waals surface area contributed by atoms with E-state index < -0.39 is 8.03 Å². The zero-order valence-corrected chi connectivity index (χ0v) is 10.7. The Hall–Kier alpha value is 0.0700. The van der Waals surface area contributed by atoms with Crippen molar-refractivity contribution in [1.29, 1.82) is 0 Å². The summed E-state index contributed by atoms with van der Waals surface area (Å²) in [7, 11) is 4.09. The van der Waals surface area contributed by atoms with Crippen LogP contribution in [0.5, 0.6) is 0 Å². The molecular formula is C9H21NO4P+. The van der Waals surface area contributed by atoms with Crippen molar-refractivity contribution in [3.05, 3.63) is 0 Å². The first kappa shape index (κ1) is 13.1. The quantitative estimate of drug-likeness (QED) is 0.411. The SMILES string of the molecule is C[N+](C)(C)CCO[PH](=O)C1CCCOO1. The van der Waals surface area contributed by atoms with Gasteiger partial charge in [-0.1, -0.05) is 0 Å². The van der Waals surface area contributed by atoms with Crippen molar-refractivity contribution < 1.29 is 23.3 Å². The fourth-order valence-corrected chi connectivity index (χ4v) is 2.24. The smallest absolute Gasteiger partial charge is 0.223 e. The molecule has 6 heteroatoms. The highest BCUT2D eigenvalue weighted by Crippen LogP contribution is 2.35. The number of nitrogens with zero attached hydrogens (tertiary/aromatic N) is 1. The van der Waals surface area contributed by atoms with Crippen LogP contribution in [0.4, 0.5) is 0 Å². The van der Waals surface area contributed by atoms with E-state index in [4.69, 9.17) is 14.3 Å². The summed E-state index contributed by atoms with van der Waals surface area (Å²) >= 11 is 0. The molecule has 0 spiro atoms. The molecule has 0 aromatic heterocycles. The zero-order valence-electron chi connectivity index (χ0n) is 9.69. The van der Waals surface area contributed by atoms with Gasteiger partial charge in [-0.05, 0) is 12.8 Å². The molecule has 1 heterocycles. The Balaban J connectivity index is 2.17. The lowest BCUT2D eigenvalue weighted by atomic mass is 10.3. The molecule has 90 valence electrons. The van der Waals surface area contributed by atoms with E-state index in [9.17, 15) is 4.57 Å². The van der Waals surface area contributed by atoms with Crippen molar-refractivity contribution >= 4 is 8.03 Å². The molecule has 1 aliphatic heterocycles. The van der Waals surface area contributed by atoms with Gasteiger partial charge in [0, 0.05) is 0 Å². The fraction of sp³-hybridized carbons (Fsp3) is 1.00. The van der Waals surface area contributed by atoms with Crippen LogP contribution < -0.4 is 0 Å². The summed E-state index contributed by atoms with van der Waals surface area (Å²) < 4.78 is 17.7. The van der Waals surface area contributed by atoms with E-state index >= 15 is 0 Å². The lowest BCUT2D eigenvalue weighted by Crippen LogP contribution is -2.37. The van der Waals surface area contributed by atoms with Crippen molar-refractivity contribution in [1.82, 2.24) is 0 Å². The average Bonchev–Trinajstić information content (AvgIpc) is 2.17. The molecule has 5 nitrogen and oxygen atoms in total. The van der Waals surface area contributed by atoms with Crippen LogP contribution in [0.15, 0.2) is 0 Å².